The van der Waals surface area contributed by atoms with Crippen molar-refractivity contribution in [1.29, 1.82) is 0 Å². The average Bonchev–Trinajstić information content (AvgIpc) is 2.09. The topological polar surface area (TPSA) is 46.2 Å². The molecule has 0 radical (unpaired) electrons. The van der Waals surface area contributed by atoms with Crippen LogP contribution in [0.15, 0.2) is 18.2 Å². The zero-order valence-corrected chi connectivity index (χ0v) is 7.50. The summed E-state index contributed by atoms with van der Waals surface area (Å²) >= 11 is 0. The first kappa shape index (κ1) is 10.7. The van der Waals surface area contributed by atoms with E-state index in [1.54, 1.807) is 0 Å². The molecule has 0 amide bonds. The molecule has 0 saturated carbocycles. The first-order valence-corrected chi connectivity index (χ1v) is 4.17. The number of nitrogens with two attached hydrogens (primary N) is 1. The van der Waals surface area contributed by atoms with Crippen molar-refractivity contribution in [3.63, 3.8) is 0 Å². The second kappa shape index (κ2) is 4.72. The van der Waals surface area contributed by atoms with Gasteiger partial charge in [-0.15, -0.1) is 0 Å². The maximum atomic E-state index is 13.1. The molecule has 1 aromatic carbocycles. The molecule has 0 unspecified atom stereocenters. The van der Waals surface area contributed by atoms with Gasteiger partial charge in [0.25, 0.3) is 0 Å². The van der Waals surface area contributed by atoms with Crippen molar-refractivity contribution >= 4 is 11.8 Å². The summed E-state index contributed by atoms with van der Waals surface area (Å²) in [5.41, 5.74) is 5.16. The molecule has 0 fully saturated rings. The number of rotatable bonds is 3. The van der Waals surface area contributed by atoms with Crippen molar-refractivity contribution < 1.29 is 13.9 Å². The molecular formula is C10H11F2NO. The van der Waals surface area contributed by atoms with Gasteiger partial charge in [0.15, 0.2) is 0 Å². The van der Waals surface area contributed by atoms with Crippen molar-refractivity contribution in [2.45, 2.75) is 6.42 Å². The third kappa shape index (κ3) is 2.53. The maximum Gasteiger partial charge on any atom is 0.135 e. The van der Waals surface area contributed by atoms with Crippen molar-refractivity contribution in [2.24, 2.45) is 0 Å². The van der Waals surface area contributed by atoms with Crippen LogP contribution >= 0.6 is 0 Å². The standard InChI is InChI=1S/C10H11F2NO/c11-9-5-7(13)6-10(12)8(9)3-1-2-4-14/h1,3,5-6,14H,2,4,13H2. The van der Waals surface area contributed by atoms with Gasteiger partial charge < -0.3 is 10.8 Å². The molecule has 14 heavy (non-hydrogen) atoms. The normalized spacial score (nSPS) is 11.1. The van der Waals surface area contributed by atoms with Crippen molar-refractivity contribution in [1.82, 2.24) is 0 Å². The highest BCUT2D eigenvalue weighted by Gasteiger charge is 2.06. The fourth-order valence-corrected chi connectivity index (χ4v) is 1.04. The zero-order valence-electron chi connectivity index (χ0n) is 7.50. The fraction of sp³-hybridized carbons (Fsp3) is 0.200. The molecule has 1 rings (SSSR count). The minimum atomic E-state index is -0.698. The van der Waals surface area contributed by atoms with Crippen LogP contribution in [0.5, 0.6) is 0 Å². The number of hydrogen-bond acceptors (Lipinski definition) is 2. The van der Waals surface area contributed by atoms with Gasteiger partial charge in [-0.05, 0) is 18.6 Å². The van der Waals surface area contributed by atoms with Crippen LogP contribution in [0, 0.1) is 11.6 Å². The Morgan fingerprint density at radius 3 is 2.36 bits per heavy atom. The number of anilines is 1. The third-order valence-corrected chi connectivity index (χ3v) is 1.68. The zero-order chi connectivity index (χ0) is 10.6. The van der Waals surface area contributed by atoms with Crippen molar-refractivity contribution in [3.8, 4) is 0 Å². The van der Waals surface area contributed by atoms with Gasteiger partial charge in [0.05, 0.1) is 0 Å². The third-order valence-electron chi connectivity index (χ3n) is 1.68. The van der Waals surface area contributed by atoms with Crippen LogP contribution in [0.4, 0.5) is 14.5 Å². The molecule has 0 bridgehead atoms. The van der Waals surface area contributed by atoms with Gasteiger partial charge >= 0.3 is 0 Å². The Morgan fingerprint density at radius 2 is 1.86 bits per heavy atom. The van der Waals surface area contributed by atoms with Crippen LogP contribution in [0.25, 0.3) is 6.08 Å². The van der Waals surface area contributed by atoms with E-state index in [1.807, 2.05) is 0 Å². The Balaban J connectivity index is 2.96. The van der Waals surface area contributed by atoms with Gasteiger partial charge in [-0.2, -0.15) is 0 Å². The van der Waals surface area contributed by atoms with Gasteiger partial charge in [-0.25, -0.2) is 8.78 Å². The lowest BCUT2D eigenvalue weighted by Crippen LogP contribution is -1.93. The van der Waals surface area contributed by atoms with E-state index in [0.29, 0.717) is 6.42 Å². The molecule has 3 N–H and O–H groups in total. The van der Waals surface area contributed by atoms with Crippen LogP contribution in [-0.4, -0.2) is 11.7 Å². The fourth-order valence-electron chi connectivity index (χ4n) is 1.04. The van der Waals surface area contributed by atoms with Gasteiger partial charge in [-0.3, -0.25) is 0 Å². The summed E-state index contributed by atoms with van der Waals surface area (Å²) in [6.07, 6.45) is 3.15. The molecule has 2 nitrogen and oxygen atoms in total. The Hall–Kier alpha value is -1.42. The van der Waals surface area contributed by atoms with E-state index in [4.69, 9.17) is 10.8 Å². The molecule has 0 saturated heterocycles. The average molecular weight is 199 g/mol. The molecule has 4 heteroatoms. The molecule has 0 aliphatic heterocycles. The summed E-state index contributed by atoms with van der Waals surface area (Å²) < 4.78 is 26.2. The van der Waals surface area contributed by atoms with Crippen LogP contribution in [0.2, 0.25) is 0 Å². The molecule has 0 spiro atoms. The van der Waals surface area contributed by atoms with E-state index >= 15 is 0 Å². The number of hydrogen-bond donors (Lipinski definition) is 2. The maximum absolute atomic E-state index is 13.1. The van der Waals surface area contributed by atoms with Crippen LogP contribution in [0.3, 0.4) is 0 Å². The Kier molecular flexibility index (Phi) is 3.59. The van der Waals surface area contributed by atoms with Crippen molar-refractivity contribution in [2.75, 3.05) is 12.3 Å². The smallest absolute Gasteiger partial charge is 0.135 e. The van der Waals surface area contributed by atoms with E-state index in [0.717, 1.165) is 12.1 Å². The summed E-state index contributed by atoms with van der Waals surface area (Å²) in [7, 11) is 0. The van der Waals surface area contributed by atoms with E-state index in [1.165, 1.54) is 12.2 Å². The van der Waals surface area contributed by atoms with E-state index < -0.39 is 11.6 Å². The predicted octanol–water partition coefficient (Wildman–Crippen LogP) is 1.94. The molecule has 0 aliphatic carbocycles. The lowest BCUT2D eigenvalue weighted by atomic mass is 10.1. The van der Waals surface area contributed by atoms with Crippen LogP contribution in [0.1, 0.15) is 12.0 Å². The first-order chi connectivity index (χ1) is 6.65. The lowest BCUT2D eigenvalue weighted by Gasteiger charge is -2.00. The minimum absolute atomic E-state index is 0.0469. The molecule has 76 valence electrons. The lowest BCUT2D eigenvalue weighted by molar-refractivity contribution is 0.303. The first-order valence-electron chi connectivity index (χ1n) is 4.17. The molecule has 0 atom stereocenters. The van der Waals surface area contributed by atoms with Gasteiger partial charge in [0, 0.05) is 17.9 Å². The minimum Gasteiger partial charge on any atom is -0.399 e. The summed E-state index contributed by atoms with van der Waals surface area (Å²) in [6.45, 7) is -0.0469. The Morgan fingerprint density at radius 1 is 1.29 bits per heavy atom. The molecule has 0 aliphatic rings. The number of aliphatic hydroxyl groups excluding tert-OH is 1. The number of halogens is 2. The number of aliphatic hydroxyl groups is 1. The molecule has 0 aromatic heterocycles. The molecular weight excluding hydrogens is 188 g/mol. The predicted molar refractivity (Wildman–Crippen MR) is 51.5 cm³/mol. The summed E-state index contributed by atoms with van der Waals surface area (Å²) in [4.78, 5) is 0. The largest absolute Gasteiger partial charge is 0.399 e. The Labute approximate surface area is 80.7 Å². The monoisotopic (exact) mass is 199 g/mol. The second-order valence-electron chi connectivity index (χ2n) is 2.81. The highest BCUT2D eigenvalue weighted by molar-refractivity contribution is 5.55. The summed E-state index contributed by atoms with van der Waals surface area (Å²) in [6, 6.07) is 2.11. The SMILES string of the molecule is Nc1cc(F)c(C=CCCO)c(F)c1. The highest BCUT2D eigenvalue weighted by atomic mass is 19.1. The van der Waals surface area contributed by atoms with Gasteiger partial charge in [-0.1, -0.05) is 12.2 Å². The highest BCUT2D eigenvalue weighted by Crippen LogP contribution is 2.18. The van der Waals surface area contributed by atoms with Crippen LogP contribution < -0.4 is 5.73 Å². The molecule has 0 heterocycles. The van der Waals surface area contributed by atoms with E-state index in [2.05, 4.69) is 0 Å². The van der Waals surface area contributed by atoms with Gasteiger partial charge in [0.2, 0.25) is 0 Å². The summed E-state index contributed by atoms with van der Waals surface area (Å²) in [5, 5.41) is 8.47. The van der Waals surface area contributed by atoms with Crippen molar-refractivity contribution in [3.05, 3.63) is 35.4 Å². The number of benzene rings is 1. The number of nitrogen functional groups attached to an aromatic ring is 1. The quantitative estimate of drug-likeness (QED) is 0.731. The van der Waals surface area contributed by atoms with E-state index in [9.17, 15) is 8.78 Å². The molecule has 1 aromatic rings. The second-order valence-corrected chi connectivity index (χ2v) is 2.81. The van der Waals surface area contributed by atoms with Crippen LogP contribution in [-0.2, 0) is 0 Å². The Bertz CT molecular complexity index is 327. The van der Waals surface area contributed by atoms with E-state index in [-0.39, 0.29) is 17.9 Å². The van der Waals surface area contributed by atoms with Gasteiger partial charge in [0.1, 0.15) is 11.6 Å². The summed E-state index contributed by atoms with van der Waals surface area (Å²) in [5.74, 6) is -1.40.